The first-order valence-electron chi connectivity index (χ1n) is 8.29. The van der Waals surface area contributed by atoms with Crippen LogP contribution >= 0.6 is 15.9 Å². The minimum atomic E-state index is -4.43. The lowest BCUT2D eigenvalue weighted by molar-refractivity contribution is -0.137. The second kappa shape index (κ2) is 7.20. The number of aromatic nitrogens is 2. The number of nitrogens with zero attached hydrogens (tertiary/aromatic N) is 2. The fourth-order valence-corrected chi connectivity index (χ4v) is 3.10. The highest BCUT2D eigenvalue weighted by Gasteiger charge is 2.40. The van der Waals surface area contributed by atoms with Crippen molar-refractivity contribution in [2.45, 2.75) is 31.5 Å². The topological polar surface area (TPSA) is 75.1 Å². The molecular formula is C18H17BrF3N3O2. The summed E-state index contributed by atoms with van der Waals surface area (Å²) in [6, 6.07) is 4.44. The summed E-state index contributed by atoms with van der Waals surface area (Å²) in [5.41, 5.74) is -1.09. The van der Waals surface area contributed by atoms with Gasteiger partial charge in [0, 0.05) is 12.1 Å². The molecule has 0 aliphatic heterocycles. The Balaban J connectivity index is 1.78. The number of amides is 1. The lowest BCUT2D eigenvalue weighted by Crippen LogP contribution is -2.42. The van der Waals surface area contributed by atoms with Gasteiger partial charge in [0.05, 0.1) is 17.4 Å². The molecule has 0 saturated heterocycles. The number of carbonyl (C=O) groups is 1. The molecule has 2 N–H and O–H groups in total. The third kappa shape index (κ3) is 4.65. The normalized spacial score (nSPS) is 16.7. The van der Waals surface area contributed by atoms with Crippen molar-refractivity contribution in [1.29, 1.82) is 0 Å². The number of rotatable bonds is 5. The van der Waals surface area contributed by atoms with Crippen LogP contribution in [0, 0.1) is 5.92 Å². The van der Waals surface area contributed by atoms with Crippen LogP contribution in [0.1, 0.15) is 35.8 Å². The Morgan fingerprint density at radius 1 is 1.30 bits per heavy atom. The van der Waals surface area contributed by atoms with Crippen molar-refractivity contribution in [3.05, 3.63) is 46.3 Å². The molecule has 2 aromatic rings. The van der Waals surface area contributed by atoms with Crippen molar-refractivity contribution in [2.75, 3.05) is 6.54 Å². The van der Waals surface area contributed by atoms with Crippen LogP contribution in [0.15, 0.2) is 35.1 Å². The van der Waals surface area contributed by atoms with E-state index in [1.54, 1.807) is 6.92 Å². The average Bonchev–Trinajstić information content (AvgIpc) is 3.45. The van der Waals surface area contributed by atoms with Crippen LogP contribution in [0.5, 0.6) is 0 Å². The summed E-state index contributed by atoms with van der Waals surface area (Å²) in [5.74, 6) is -0.333. The highest BCUT2D eigenvalue weighted by atomic mass is 79.9. The molecule has 3 rings (SSSR count). The third-order valence-corrected chi connectivity index (χ3v) is 5.09. The van der Waals surface area contributed by atoms with E-state index in [2.05, 4.69) is 31.2 Å². The smallest absolute Gasteiger partial charge is 0.388 e. The zero-order valence-electron chi connectivity index (χ0n) is 14.3. The first kappa shape index (κ1) is 19.8. The van der Waals surface area contributed by atoms with Gasteiger partial charge in [-0.15, -0.1) is 0 Å². The van der Waals surface area contributed by atoms with Crippen molar-refractivity contribution < 1.29 is 23.1 Å². The molecule has 1 atom stereocenters. The lowest BCUT2D eigenvalue weighted by atomic mass is 10.0. The van der Waals surface area contributed by atoms with Crippen LogP contribution < -0.4 is 5.32 Å². The van der Waals surface area contributed by atoms with Crippen molar-refractivity contribution in [1.82, 2.24) is 15.3 Å². The molecule has 1 amide bonds. The summed E-state index contributed by atoms with van der Waals surface area (Å²) in [4.78, 5) is 20.6. The second-order valence-corrected chi connectivity index (χ2v) is 7.54. The number of hydrogen-bond donors (Lipinski definition) is 2. The van der Waals surface area contributed by atoms with Gasteiger partial charge in [-0.3, -0.25) is 4.79 Å². The van der Waals surface area contributed by atoms with E-state index in [1.165, 1.54) is 18.3 Å². The molecule has 1 saturated carbocycles. The van der Waals surface area contributed by atoms with E-state index in [9.17, 15) is 23.1 Å². The predicted molar refractivity (Wildman–Crippen MR) is 95.9 cm³/mol. The molecule has 5 nitrogen and oxygen atoms in total. The number of alkyl halides is 3. The summed E-state index contributed by atoms with van der Waals surface area (Å²) in [7, 11) is 0. The molecule has 1 fully saturated rings. The number of benzene rings is 1. The van der Waals surface area contributed by atoms with E-state index in [1.807, 2.05) is 0 Å². The Hall–Kier alpha value is -2.00. The van der Waals surface area contributed by atoms with Crippen molar-refractivity contribution in [2.24, 2.45) is 5.92 Å². The maximum atomic E-state index is 12.7. The molecule has 0 bridgehead atoms. The van der Waals surface area contributed by atoms with E-state index in [4.69, 9.17) is 0 Å². The standard InChI is InChI=1S/C18H17BrF3N3O2/c1-17(27,11-6-7-11)9-24-16(26)13-8-23-15(19)14(25-13)10-2-4-12(5-3-10)18(20,21)22/h2-5,8,11,27H,6-7,9H2,1H3,(H,24,26)/t17-/m1/s1. The van der Waals surface area contributed by atoms with Crippen LogP contribution in [0.4, 0.5) is 13.2 Å². The molecule has 0 radical (unpaired) electrons. The fraction of sp³-hybridized carbons (Fsp3) is 0.389. The maximum Gasteiger partial charge on any atom is 0.416 e. The van der Waals surface area contributed by atoms with Crippen LogP contribution in [0.2, 0.25) is 0 Å². The lowest BCUT2D eigenvalue weighted by Gasteiger charge is -2.23. The van der Waals surface area contributed by atoms with E-state index in [0.29, 0.717) is 10.2 Å². The zero-order chi connectivity index (χ0) is 19.8. The predicted octanol–water partition coefficient (Wildman–Crippen LogP) is 3.82. The molecule has 0 unspecified atom stereocenters. The fourth-order valence-electron chi connectivity index (χ4n) is 2.68. The van der Waals surface area contributed by atoms with Gasteiger partial charge in [-0.2, -0.15) is 13.2 Å². The van der Waals surface area contributed by atoms with Crippen molar-refractivity contribution in [3.63, 3.8) is 0 Å². The van der Waals surface area contributed by atoms with Crippen LogP contribution in [-0.4, -0.2) is 33.1 Å². The Morgan fingerprint density at radius 2 is 1.93 bits per heavy atom. The molecule has 1 aliphatic rings. The molecule has 9 heteroatoms. The summed E-state index contributed by atoms with van der Waals surface area (Å²) in [6.45, 7) is 1.76. The third-order valence-electron chi connectivity index (χ3n) is 4.51. The van der Waals surface area contributed by atoms with Crippen LogP contribution in [0.3, 0.4) is 0 Å². The van der Waals surface area contributed by atoms with Gasteiger partial charge in [0.1, 0.15) is 16.0 Å². The SMILES string of the molecule is C[C@@](O)(CNC(=O)c1cnc(Br)c(-c2ccc(C(F)(F)F)cc2)n1)C1CC1. The van der Waals surface area contributed by atoms with Gasteiger partial charge in [0.2, 0.25) is 0 Å². The number of halogens is 4. The Kier molecular flexibility index (Phi) is 5.27. The molecule has 1 aromatic heterocycles. The molecule has 1 aromatic carbocycles. The Bertz CT molecular complexity index is 850. The highest BCUT2D eigenvalue weighted by molar-refractivity contribution is 9.10. The Morgan fingerprint density at radius 3 is 2.48 bits per heavy atom. The van der Waals surface area contributed by atoms with Gasteiger partial charge >= 0.3 is 6.18 Å². The monoisotopic (exact) mass is 443 g/mol. The first-order valence-corrected chi connectivity index (χ1v) is 9.08. The highest BCUT2D eigenvalue weighted by Crippen LogP contribution is 2.39. The molecule has 0 spiro atoms. The van der Waals surface area contributed by atoms with E-state index in [-0.39, 0.29) is 23.9 Å². The van der Waals surface area contributed by atoms with Gasteiger partial charge in [-0.1, -0.05) is 12.1 Å². The van der Waals surface area contributed by atoms with Crippen molar-refractivity contribution >= 4 is 21.8 Å². The van der Waals surface area contributed by atoms with Crippen LogP contribution in [0.25, 0.3) is 11.3 Å². The van der Waals surface area contributed by atoms with Gasteiger partial charge < -0.3 is 10.4 Å². The number of hydrogen-bond acceptors (Lipinski definition) is 4. The van der Waals surface area contributed by atoms with Gasteiger partial charge in [-0.05, 0) is 53.7 Å². The summed E-state index contributed by atoms with van der Waals surface area (Å²) >= 11 is 3.20. The molecule has 1 heterocycles. The van der Waals surface area contributed by atoms with Gasteiger partial charge in [0.25, 0.3) is 5.91 Å². The van der Waals surface area contributed by atoms with Crippen LogP contribution in [-0.2, 0) is 6.18 Å². The number of aliphatic hydroxyl groups is 1. The minimum Gasteiger partial charge on any atom is -0.388 e. The van der Waals surface area contributed by atoms with E-state index in [0.717, 1.165) is 25.0 Å². The van der Waals surface area contributed by atoms with Gasteiger partial charge in [0.15, 0.2) is 0 Å². The molecule has 27 heavy (non-hydrogen) atoms. The van der Waals surface area contributed by atoms with E-state index < -0.39 is 23.2 Å². The maximum absolute atomic E-state index is 12.7. The van der Waals surface area contributed by atoms with Gasteiger partial charge in [-0.25, -0.2) is 9.97 Å². The average molecular weight is 444 g/mol. The molecule has 144 valence electrons. The second-order valence-electron chi connectivity index (χ2n) is 6.78. The number of carbonyl (C=O) groups excluding carboxylic acids is 1. The largest absolute Gasteiger partial charge is 0.416 e. The summed E-state index contributed by atoms with van der Waals surface area (Å²) in [6.07, 6.45) is -1.31. The Labute approximate surface area is 162 Å². The van der Waals surface area contributed by atoms with Crippen molar-refractivity contribution in [3.8, 4) is 11.3 Å². The molecular weight excluding hydrogens is 427 g/mol. The molecule has 1 aliphatic carbocycles. The summed E-state index contributed by atoms with van der Waals surface area (Å²) < 4.78 is 38.4. The summed E-state index contributed by atoms with van der Waals surface area (Å²) in [5, 5.41) is 12.9. The quantitative estimate of drug-likeness (QED) is 0.736. The minimum absolute atomic E-state index is 0.0136. The number of nitrogens with one attached hydrogen (secondary N) is 1. The first-order chi connectivity index (χ1) is 12.6. The zero-order valence-corrected chi connectivity index (χ0v) is 15.9. The van der Waals surface area contributed by atoms with E-state index >= 15 is 0 Å².